The Labute approximate surface area is 91.4 Å². The maximum absolute atomic E-state index is 11.6. The number of carbonyl (C=O) groups excluding carboxylic acids is 3. The molecule has 0 aromatic heterocycles. The number of cyclic esters (lactones) is 3. The van der Waals surface area contributed by atoms with Crippen molar-refractivity contribution in [3.63, 3.8) is 0 Å². The van der Waals surface area contributed by atoms with Gasteiger partial charge in [-0.15, -0.1) is 0 Å². The molecule has 0 aromatic carbocycles. The highest BCUT2D eigenvalue weighted by Crippen LogP contribution is 2.72. The van der Waals surface area contributed by atoms with Crippen molar-refractivity contribution in [2.24, 2.45) is 22.7 Å². The molecule has 0 radical (unpaired) electrons. The molecule has 5 heteroatoms. The van der Waals surface area contributed by atoms with Crippen LogP contribution < -0.4 is 0 Å². The summed E-state index contributed by atoms with van der Waals surface area (Å²) in [5, 5.41) is 0. The molecule has 4 atom stereocenters. The molecule has 0 aromatic rings. The zero-order chi connectivity index (χ0) is 11.9. The van der Waals surface area contributed by atoms with Crippen LogP contribution in [0.3, 0.4) is 0 Å². The minimum Gasteiger partial charge on any atom is -0.431 e. The van der Waals surface area contributed by atoms with Gasteiger partial charge in [-0.25, -0.2) is 0 Å². The van der Waals surface area contributed by atoms with E-state index in [1.807, 2.05) is 0 Å². The number of carbonyl (C=O) groups is 3. The number of fused-ring (bicyclic) bond motifs is 4. The molecule has 0 spiro atoms. The summed E-state index contributed by atoms with van der Waals surface area (Å²) in [7, 11) is 0. The molecule has 3 fully saturated rings. The van der Waals surface area contributed by atoms with Crippen molar-refractivity contribution in [2.75, 3.05) is 0 Å². The standard InChI is InChI=1S/C11H10O5/c1-4-10(2)5(7(12)15-4)11(3)6(10)8(13)16-9(11)14/h5-6H,1H2,2-3H3. The van der Waals surface area contributed by atoms with Crippen LogP contribution in [-0.2, 0) is 23.9 Å². The van der Waals surface area contributed by atoms with Gasteiger partial charge in [0.25, 0.3) is 0 Å². The maximum atomic E-state index is 11.6. The molecule has 0 N–H and O–H groups in total. The molecule has 0 amide bonds. The molecule has 84 valence electrons. The van der Waals surface area contributed by atoms with Gasteiger partial charge in [0.05, 0.1) is 22.7 Å². The van der Waals surface area contributed by atoms with Crippen LogP contribution in [0.15, 0.2) is 12.3 Å². The number of esters is 3. The molecule has 4 unspecified atom stereocenters. The Balaban J connectivity index is 2.20. The normalized spacial score (nSPS) is 49.4. The van der Waals surface area contributed by atoms with Gasteiger partial charge in [0, 0.05) is 0 Å². The van der Waals surface area contributed by atoms with Crippen molar-refractivity contribution in [2.45, 2.75) is 13.8 Å². The summed E-state index contributed by atoms with van der Waals surface area (Å²) < 4.78 is 9.58. The van der Waals surface area contributed by atoms with Crippen LogP contribution in [-0.4, -0.2) is 17.9 Å². The van der Waals surface area contributed by atoms with Crippen LogP contribution in [0.5, 0.6) is 0 Å². The summed E-state index contributed by atoms with van der Waals surface area (Å²) in [6.45, 7) is 6.95. The lowest BCUT2D eigenvalue weighted by Gasteiger charge is -2.52. The predicted octanol–water partition coefficient (Wildman–Crippen LogP) is 0.399. The second-order valence-corrected chi connectivity index (χ2v) is 4.98. The molecule has 5 nitrogen and oxygen atoms in total. The largest absolute Gasteiger partial charge is 0.431 e. The molecule has 16 heavy (non-hydrogen) atoms. The second-order valence-electron chi connectivity index (χ2n) is 4.98. The van der Waals surface area contributed by atoms with E-state index >= 15 is 0 Å². The molecule has 2 heterocycles. The minimum atomic E-state index is -1.07. The molecule has 2 aliphatic heterocycles. The van der Waals surface area contributed by atoms with E-state index in [0.717, 1.165) is 0 Å². The van der Waals surface area contributed by atoms with E-state index in [1.54, 1.807) is 13.8 Å². The zero-order valence-electron chi connectivity index (χ0n) is 8.90. The third kappa shape index (κ3) is 0.628. The fourth-order valence-electron chi connectivity index (χ4n) is 3.57. The number of rotatable bonds is 0. The van der Waals surface area contributed by atoms with E-state index in [4.69, 9.17) is 4.74 Å². The average Bonchev–Trinajstić information content (AvgIpc) is 2.44. The molecular formula is C11H10O5. The van der Waals surface area contributed by atoms with E-state index in [9.17, 15) is 14.4 Å². The lowest BCUT2D eigenvalue weighted by molar-refractivity contribution is -0.173. The predicted molar refractivity (Wildman–Crippen MR) is 49.5 cm³/mol. The Kier molecular flexibility index (Phi) is 1.32. The first kappa shape index (κ1) is 9.57. The van der Waals surface area contributed by atoms with E-state index in [2.05, 4.69) is 11.3 Å². The summed E-state index contributed by atoms with van der Waals surface area (Å²) in [6.07, 6.45) is 0. The average molecular weight is 222 g/mol. The first-order chi connectivity index (χ1) is 7.34. The van der Waals surface area contributed by atoms with Gasteiger partial charge in [0.15, 0.2) is 0 Å². The summed E-state index contributed by atoms with van der Waals surface area (Å²) in [5.41, 5.74) is -1.85. The van der Waals surface area contributed by atoms with E-state index < -0.39 is 40.6 Å². The molecule has 3 rings (SSSR count). The van der Waals surface area contributed by atoms with Crippen molar-refractivity contribution in [1.82, 2.24) is 0 Å². The highest BCUT2D eigenvalue weighted by atomic mass is 16.6. The first-order valence-corrected chi connectivity index (χ1v) is 5.01. The van der Waals surface area contributed by atoms with Crippen LogP contribution >= 0.6 is 0 Å². The van der Waals surface area contributed by atoms with Crippen LogP contribution in [0.1, 0.15) is 13.8 Å². The fraction of sp³-hybridized carbons (Fsp3) is 0.545. The minimum absolute atomic E-state index is 0.261. The molecule has 3 aliphatic rings. The van der Waals surface area contributed by atoms with Crippen molar-refractivity contribution in [3.05, 3.63) is 12.3 Å². The van der Waals surface area contributed by atoms with Crippen LogP contribution in [0.2, 0.25) is 0 Å². The first-order valence-electron chi connectivity index (χ1n) is 5.01. The Morgan fingerprint density at radius 2 is 1.50 bits per heavy atom. The summed E-state index contributed by atoms with van der Waals surface area (Å²) in [4.78, 5) is 34.9. The van der Waals surface area contributed by atoms with Gasteiger partial charge in [0.2, 0.25) is 0 Å². The van der Waals surface area contributed by atoms with Crippen molar-refractivity contribution >= 4 is 17.9 Å². The van der Waals surface area contributed by atoms with Crippen LogP contribution in [0, 0.1) is 22.7 Å². The maximum Gasteiger partial charge on any atom is 0.321 e. The number of allylic oxidation sites excluding steroid dienone is 1. The topological polar surface area (TPSA) is 69.7 Å². The van der Waals surface area contributed by atoms with Crippen molar-refractivity contribution in [1.29, 1.82) is 0 Å². The van der Waals surface area contributed by atoms with Gasteiger partial charge in [-0.05, 0) is 6.92 Å². The van der Waals surface area contributed by atoms with Gasteiger partial charge in [-0.2, -0.15) is 0 Å². The van der Waals surface area contributed by atoms with E-state index in [-0.39, 0.29) is 5.76 Å². The Bertz CT molecular complexity index is 423. The molecule has 0 bridgehead atoms. The van der Waals surface area contributed by atoms with Gasteiger partial charge >= 0.3 is 17.9 Å². The summed E-state index contributed by atoms with van der Waals surface area (Å²) in [6, 6.07) is 0. The monoisotopic (exact) mass is 222 g/mol. The number of ether oxygens (including phenoxy) is 2. The van der Waals surface area contributed by atoms with E-state index in [0.29, 0.717) is 0 Å². The lowest BCUT2D eigenvalue weighted by atomic mass is 9.41. The fourth-order valence-corrected chi connectivity index (χ4v) is 3.57. The van der Waals surface area contributed by atoms with Gasteiger partial charge < -0.3 is 9.47 Å². The highest BCUT2D eigenvalue weighted by Gasteiger charge is 2.83. The van der Waals surface area contributed by atoms with Crippen LogP contribution in [0.25, 0.3) is 0 Å². The van der Waals surface area contributed by atoms with Gasteiger partial charge in [-0.1, -0.05) is 13.5 Å². The summed E-state index contributed by atoms with van der Waals surface area (Å²) >= 11 is 0. The SMILES string of the molecule is C=C1OC(=O)C2C1(C)C1C(=O)OC(=O)C21C. The third-order valence-electron chi connectivity index (χ3n) is 4.33. The number of hydrogen-bond donors (Lipinski definition) is 0. The number of hydrogen-bond acceptors (Lipinski definition) is 5. The third-order valence-corrected chi connectivity index (χ3v) is 4.33. The quantitative estimate of drug-likeness (QED) is 0.438. The van der Waals surface area contributed by atoms with E-state index in [1.165, 1.54) is 0 Å². The lowest BCUT2D eigenvalue weighted by Crippen LogP contribution is -2.63. The molecule has 1 aliphatic carbocycles. The smallest absolute Gasteiger partial charge is 0.321 e. The summed E-state index contributed by atoms with van der Waals surface area (Å²) in [5.74, 6) is -2.72. The zero-order valence-corrected chi connectivity index (χ0v) is 8.90. The molecule has 2 saturated heterocycles. The van der Waals surface area contributed by atoms with Gasteiger partial charge in [0.1, 0.15) is 5.76 Å². The van der Waals surface area contributed by atoms with Crippen molar-refractivity contribution < 1.29 is 23.9 Å². The molecular weight excluding hydrogens is 212 g/mol. The molecule has 1 saturated carbocycles. The van der Waals surface area contributed by atoms with Crippen molar-refractivity contribution in [3.8, 4) is 0 Å². The second kappa shape index (κ2) is 2.21. The highest BCUT2D eigenvalue weighted by molar-refractivity contribution is 6.06. The van der Waals surface area contributed by atoms with Crippen LogP contribution in [0.4, 0.5) is 0 Å². The Hall–Kier alpha value is -1.65. The Morgan fingerprint density at radius 3 is 2.06 bits per heavy atom. The van der Waals surface area contributed by atoms with Gasteiger partial charge in [-0.3, -0.25) is 14.4 Å². The Morgan fingerprint density at radius 1 is 1.00 bits per heavy atom.